The molecule has 0 aliphatic heterocycles. The Labute approximate surface area is 117 Å². The molecule has 0 radical (unpaired) electrons. The first-order valence-electron chi connectivity index (χ1n) is 6.50. The predicted molar refractivity (Wildman–Crippen MR) is 75.3 cm³/mol. The molecule has 2 N–H and O–H groups in total. The van der Waals surface area contributed by atoms with Gasteiger partial charge in [-0.3, -0.25) is 4.98 Å². The molecular formula is C14H18N4O2. The molecule has 0 aromatic carbocycles. The van der Waals surface area contributed by atoms with Crippen molar-refractivity contribution in [3.63, 3.8) is 0 Å². The number of pyridine rings is 1. The van der Waals surface area contributed by atoms with Gasteiger partial charge in [-0.15, -0.1) is 0 Å². The Kier molecular flexibility index (Phi) is 4.34. The summed E-state index contributed by atoms with van der Waals surface area (Å²) in [6.07, 6.45) is 3.19. The van der Waals surface area contributed by atoms with Crippen molar-refractivity contribution in [1.82, 2.24) is 14.5 Å². The van der Waals surface area contributed by atoms with Crippen LogP contribution in [0.5, 0.6) is 0 Å². The average molecular weight is 274 g/mol. The lowest BCUT2D eigenvalue weighted by molar-refractivity contribution is 0.0595. The second-order valence-electron chi connectivity index (χ2n) is 4.33. The summed E-state index contributed by atoms with van der Waals surface area (Å²) in [6, 6.07) is 5.78. The van der Waals surface area contributed by atoms with Crippen molar-refractivity contribution < 1.29 is 9.53 Å². The van der Waals surface area contributed by atoms with Crippen LogP contribution in [0.1, 0.15) is 28.9 Å². The van der Waals surface area contributed by atoms with Crippen molar-refractivity contribution in [2.45, 2.75) is 26.3 Å². The highest BCUT2D eigenvalue weighted by atomic mass is 16.5. The molecule has 0 fully saturated rings. The van der Waals surface area contributed by atoms with E-state index < -0.39 is 5.97 Å². The number of aromatic nitrogens is 3. The first-order chi connectivity index (χ1) is 9.67. The van der Waals surface area contributed by atoms with Crippen LogP contribution in [0.25, 0.3) is 0 Å². The van der Waals surface area contributed by atoms with Gasteiger partial charge < -0.3 is 15.0 Å². The fraction of sp³-hybridized carbons (Fsp3) is 0.357. The highest BCUT2D eigenvalue weighted by Gasteiger charge is 2.20. The number of esters is 1. The van der Waals surface area contributed by atoms with Crippen LogP contribution in [0.3, 0.4) is 0 Å². The van der Waals surface area contributed by atoms with Crippen molar-refractivity contribution in [3.05, 3.63) is 41.6 Å². The van der Waals surface area contributed by atoms with Gasteiger partial charge in [-0.1, -0.05) is 13.0 Å². The van der Waals surface area contributed by atoms with Gasteiger partial charge in [0.1, 0.15) is 11.6 Å². The van der Waals surface area contributed by atoms with Crippen LogP contribution in [0.2, 0.25) is 0 Å². The van der Waals surface area contributed by atoms with Gasteiger partial charge in [0.25, 0.3) is 0 Å². The fourth-order valence-electron chi connectivity index (χ4n) is 2.05. The standard InChI is InChI=1S/C14H18N4O2/c1-3-11-17-12(14(19)20-2)13(15)18(11)9-7-10-6-4-5-8-16-10/h4-6,8H,3,7,9,15H2,1-2H3. The van der Waals surface area contributed by atoms with E-state index in [1.165, 1.54) is 7.11 Å². The van der Waals surface area contributed by atoms with E-state index in [0.717, 1.165) is 17.9 Å². The number of nitrogens with two attached hydrogens (primary N) is 1. The van der Waals surface area contributed by atoms with Gasteiger partial charge in [0, 0.05) is 31.3 Å². The molecule has 0 saturated heterocycles. The summed E-state index contributed by atoms with van der Waals surface area (Å²) >= 11 is 0. The first kappa shape index (κ1) is 14.0. The Morgan fingerprint density at radius 3 is 2.85 bits per heavy atom. The molecule has 0 amide bonds. The quantitative estimate of drug-likeness (QED) is 0.834. The molecule has 2 heterocycles. The number of nitrogens with zero attached hydrogens (tertiary/aromatic N) is 3. The second-order valence-corrected chi connectivity index (χ2v) is 4.33. The van der Waals surface area contributed by atoms with E-state index in [4.69, 9.17) is 5.73 Å². The summed E-state index contributed by atoms with van der Waals surface area (Å²) < 4.78 is 6.53. The van der Waals surface area contributed by atoms with E-state index in [-0.39, 0.29) is 5.69 Å². The van der Waals surface area contributed by atoms with E-state index in [9.17, 15) is 4.79 Å². The lowest BCUT2D eigenvalue weighted by Gasteiger charge is -2.08. The number of methoxy groups -OCH3 is 1. The Morgan fingerprint density at radius 1 is 1.45 bits per heavy atom. The molecule has 6 nitrogen and oxygen atoms in total. The van der Waals surface area contributed by atoms with Gasteiger partial charge in [-0.05, 0) is 12.1 Å². The van der Waals surface area contributed by atoms with Gasteiger partial charge >= 0.3 is 5.97 Å². The normalized spacial score (nSPS) is 10.5. The molecule has 0 bridgehead atoms. The lowest BCUT2D eigenvalue weighted by atomic mass is 10.2. The molecule has 0 unspecified atom stereocenters. The summed E-state index contributed by atoms with van der Waals surface area (Å²) in [5.41, 5.74) is 7.16. The number of nitrogen functional groups attached to an aromatic ring is 1. The molecule has 0 aliphatic carbocycles. The van der Waals surface area contributed by atoms with Gasteiger partial charge in [0.05, 0.1) is 7.11 Å². The third-order valence-electron chi connectivity index (χ3n) is 3.10. The number of carbonyl (C=O) groups is 1. The Hall–Kier alpha value is -2.37. The molecule has 2 rings (SSSR count). The van der Waals surface area contributed by atoms with Gasteiger partial charge in [0.2, 0.25) is 0 Å². The zero-order valence-corrected chi connectivity index (χ0v) is 11.7. The zero-order chi connectivity index (χ0) is 14.5. The monoisotopic (exact) mass is 274 g/mol. The van der Waals surface area contributed by atoms with E-state index in [1.54, 1.807) is 6.20 Å². The SMILES string of the molecule is CCc1nc(C(=O)OC)c(N)n1CCc1ccccn1. The average Bonchev–Trinajstić information content (AvgIpc) is 2.81. The van der Waals surface area contributed by atoms with Crippen molar-refractivity contribution in [3.8, 4) is 0 Å². The number of carbonyl (C=O) groups excluding carboxylic acids is 1. The second kappa shape index (κ2) is 6.18. The zero-order valence-electron chi connectivity index (χ0n) is 11.7. The van der Waals surface area contributed by atoms with Crippen molar-refractivity contribution >= 4 is 11.8 Å². The molecule has 0 spiro atoms. The van der Waals surface area contributed by atoms with Gasteiger partial charge in [-0.25, -0.2) is 9.78 Å². The highest BCUT2D eigenvalue weighted by Crippen LogP contribution is 2.17. The highest BCUT2D eigenvalue weighted by molar-refractivity contribution is 5.92. The van der Waals surface area contributed by atoms with Gasteiger partial charge in [-0.2, -0.15) is 0 Å². The third kappa shape index (κ3) is 2.79. The van der Waals surface area contributed by atoms with E-state index in [1.807, 2.05) is 29.7 Å². The number of hydrogen-bond acceptors (Lipinski definition) is 5. The van der Waals surface area contributed by atoms with Crippen LogP contribution < -0.4 is 5.73 Å². The number of rotatable bonds is 5. The van der Waals surface area contributed by atoms with Crippen LogP contribution in [0.4, 0.5) is 5.82 Å². The molecule has 2 aromatic rings. The van der Waals surface area contributed by atoms with Crippen LogP contribution in [0.15, 0.2) is 24.4 Å². The summed E-state index contributed by atoms with van der Waals surface area (Å²) in [7, 11) is 1.32. The number of aryl methyl sites for hydroxylation is 2. The van der Waals surface area contributed by atoms with Crippen molar-refractivity contribution in [2.75, 3.05) is 12.8 Å². The molecule has 0 aliphatic rings. The maximum absolute atomic E-state index is 11.6. The van der Waals surface area contributed by atoms with Crippen LogP contribution in [0, 0.1) is 0 Å². The number of hydrogen-bond donors (Lipinski definition) is 1. The lowest BCUT2D eigenvalue weighted by Crippen LogP contribution is -2.11. The minimum absolute atomic E-state index is 0.186. The number of ether oxygens (including phenoxy) is 1. The molecule has 6 heteroatoms. The smallest absolute Gasteiger partial charge is 0.360 e. The van der Waals surface area contributed by atoms with Gasteiger partial charge in [0.15, 0.2) is 5.69 Å². The van der Waals surface area contributed by atoms with Crippen LogP contribution >= 0.6 is 0 Å². The Bertz CT molecular complexity index is 593. The number of anilines is 1. The molecular weight excluding hydrogens is 256 g/mol. The van der Waals surface area contributed by atoms with E-state index in [2.05, 4.69) is 14.7 Å². The summed E-state index contributed by atoms with van der Waals surface area (Å²) in [4.78, 5) is 20.1. The minimum Gasteiger partial charge on any atom is -0.464 e. The van der Waals surface area contributed by atoms with Crippen molar-refractivity contribution in [1.29, 1.82) is 0 Å². The van der Waals surface area contributed by atoms with Crippen LogP contribution in [-0.2, 0) is 24.1 Å². The topological polar surface area (TPSA) is 83.0 Å². The van der Waals surface area contributed by atoms with Crippen LogP contribution in [-0.4, -0.2) is 27.6 Å². The fourth-order valence-corrected chi connectivity index (χ4v) is 2.05. The minimum atomic E-state index is -0.506. The van der Waals surface area contributed by atoms with Crippen molar-refractivity contribution in [2.24, 2.45) is 0 Å². The summed E-state index contributed by atoms with van der Waals surface area (Å²) in [5, 5.41) is 0. The molecule has 2 aromatic heterocycles. The molecule has 0 saturated carbocycles. The molecule has 0 atom stereocenters. The molecule has 106 valence electrons. The van der Waals surface area contributed by atoms with E-state index in [0.29, 0.717) is 18.8 Å². The molecule has 20 heavy (non-hydrogen) atoms. The van der Waals surface area contributed by atoms with E-state index >= 15 is 0 Å². The Balaban J connectivity index is 2.22. The maximum Gasteiger partial charge on any atom is 0.360 e. The summed E-state index contributed by atoms with van der Waals surface area (Å²) in [6.45, 7) is 2.61. The summed E-state index contributed by atoms with van der Waals surface area (Å²) in [5.74, 6) is 0.622. The predicted octanol–water partition coefficient (Wildman–Crippen LogP) is 1.45. The first-order valence-corrected chi connectivity index (χ1v) is 6.50. The Morgan fingerprint density at radius 2 is 2.25 bits per heavy atom. The number of imidazole rings is 1. The largest absolute Gasteiger partial charge is 0.464 e. The third-order valence-corrected chi connectivity index (χ3v) is 3.10. The maximum atomic E-state index is 11.6.